The molecule has 1 amide bonds. The molecule has 0 aromatic carbocycles. The molecule has 0 rings (SSSR count). The zero-order chi connectivity index (χ0) is 60.6. The highest BCUT2D eigenvalue weighted by Gasteiger charge is 2.18. The minimum atomic E-state index is -0.840. The minimum absolute atomic E-state index is 0.0189. The molecule has 2 unspecified atom stereocenters. The maximum Gasteiger partial charge on any atom is 0.305 e. The molecule has 0 saturated carbocycles. The first kappa shape index (κ1) is 82.1. The van der Waals surface area contributed by atoms with Gasteiger partial charge in [0, 0.05) is 12.8 Å². The number of carbonyl (C=O) groups excluding carboxylic acids is 2. The second kappa shape index (κ2) is 73.5. The summed E-state index contributed by atoms with van der Waals surface area (Å²) in [5, 5.41) is 23.1. The monoisotopic (exact) mass is 1180 g/mol. The normalized spacial score (nSPS) is 12.7. The van der Waals surface area contributed by atoms with Gasteiger partial charge in [0.15, 0.2) is 0 Å². The van der Waals surface area contributed by atoms with E-state index < -0.39 is 12.1 Å². The fourth-order valence-electron chi connectivity index (χ4n) is 12.0. The van der Waals surface area contributed by atoms with Crippen molar-refractivity contribution in [3.8, 4) is 0 Å². The van der Waals surface area contributed by atoms with E-state index in [4.69, 9.17) is 4.74 Å². The molecule has 6 heteroatoms. The van der Waals surface area contributed by atoms with Crippen molar-refractivity contribution in [2.75, 3.05) is 13.2 Å². The van der Waals surface area contributed by atoms with Crippen molar-refractivity contribution in [3.05, 3.63) is 36.5 Å². The average Bonchev–Trinajstić information content (AvgIpc) is 3.51. The van der Waals surface area contributed by atoms with Gasteiger partial charge in [0.2, 0.25) is 5.91 Å². The Morgan fingerprint density at radius 1 is 0.321 bits per heavy atom. The molecule has 0 heterocycles. The van der Waals surface area contributed by atoms with Crippen LogP contribution in [0, 0.1) is 0 Å². The summed E-state index contributed by atoms with van der Waals surface area (Å²) in [6, 6.07) is -0.624. The van der Waals surface area contributed by atoms with Gasteiger partial charge in [-0.2, -0.15) is 0 Å². The van der Waals surface area contributed by atoms with Crippen molar-refractivity contribution in [2.24, 2.45) is 0 Å². The number of unbranched alkanes of at least 4 members (excludes halogenated alkanes) is 57. The van der Waals surface area contributed by atoms with Crippen molar-refractivity contribution in [1.82, 2.24) is 5.32 Å². The summed E-state index contributed by atoms with van der Waals surface area (Å²) in [6.45, 7) is 4.93. The fourth-order valence-corrected chi connectivity index (χ4v) is 12.0. The summed E-state index contributed by atoms with van der Waals surface area (Å²) in [5.74, 6) is -0.0441. The van der Waals surface area contributed by atoms with Gasteiger partial charge >= 0.3 is 5.97 Å². The maximum absolute atomic E-state index is 12.5. The minimum Gasteiger partial charge on any atom is -0.466 e. The van der Waals surface area contributed by atoms with Crippen LogP contribution in [0.25, 0.3) is 0 Å². The highest BCUT2D eigenvalue weighted by atomic mass is 16.5. The Kier molecular flexibility index (Phi) is 71.9. The predicted octanol–water partition coefficient (Wildman–Crippen LogP) is 25.0. The van der Waals surface area contributed by atoms with E-state index in [1.807, 2.05) is 6.08 Å². The molecule has 0 spiro atoms. The van der Waals surface area contributed by atoms with Gasteiger partial charge in [0.1, 0.15) is 0 Å². The number of rotatable bonds is 72. The second-order valence-corrected chi connectivity index (χ2v) is 26.3. The Bertz CT molecular complexity index is 1360. The third kappa shape index (κ3) is 69.2. The Morgan fingerprint density at radius 2 is 0.560 bits per heavy atom. The Hall–Kier alpha value is -1.92. The van der Waals surface area contributed by atoms with Gasteiger partial charge in [-0.1, -0.05) is 365 Å². The molecule has 84 heavy (non-hydrogen) atoms. The molecule has 0 fully saturated rings. The van der Waals surface area contributed by atoms with Crippen LogP contribution in [0.4, 0.5) is 0 Å². The van der Waals surface area contributed by atoms with E-state index in [1.54, 1.807) is 6.08 Å². The van der Waals surface area contributed by atoms with Crippen LogP contribution in [0.3, 0.4) is 0 Å². The Balaban J connectivity index is 3.32. The van der Waals surface area contributed by atoms with Crippen LogP contribution in [0.2, 0.25) is 0 Å². The number of ether oxygens (including phenoxy) is 1. The van der Waals surface area contributed by atoms with Crippen LogP contribution in [0.1, 0.15) is 425 Å². The lowest BCUT2D eigenvalue weighted by Gasteiger charge is -2.20. The largest absolute Gasteiger partial charge is 0.466 e. The molecule has 0 aliphatic carbocycles. The molecule has 0 aliphatic heterocycles. The average molecular weight is 1180 g/mol. The van der Waals surface area contributed by atoms with Gasteiger partial charge in [-0.15, -0.1) is 0 Å². The lowest BCUT2D eigenvalue weighted by Crippen LogP contribution is -2.45. The molecule has 0 aliphatic rings. The van der Waals surface area contributed by atoms with E-state index in [0.29, 0.717) is 19.4 Å². The number of aliphatic hydroxyl groups is 2. The van der Waals surface area contributed by atoms with Gasteiger partial charge in [0.25, 0.3) is 0 Å². The zero-order valence-electron chi connectivity index (χ0n) is 56.9. The van der Waals surface area contributed by atoms with Crippen LogP contribution in [-0.2, 0) is 14.3 Å². The summed E-state index contributed by atoms with van der Waals surface area (Å²) in [5.41, 5.74) is 0. The number of allylic oxidation sites excluding steroid dienone is 5. The number of hydrogen-bond donors (Lipinski definition) is 3. The van der Waals surface area contributed by atoms with E-state index in [-0.39, 0.29) is 18.5 Å². The van der Waals surface area contributed by atoms with Gasteiger partial charge in [-0.3, -0.25) is 9.59 Å². The smallest absolute Gasteiger partial charge is 0.305 e. The number of aliphatic hydroxyl groups excluding tert-OH is 2. The number of amides is 1. The topological polar surface area (TPSA) is 95.9 Å². The lowest BCUT2D eigenvalue weighted by molar-refractivity contribution is -0.143. The summed E-state index contributed by atoms with van der Waals surface area (Å²) in [6.07, 6.45) is 95.6. The molecule has 6 nitrogen and oxygen atoms in total. The van der Waals surface area contributed by atoms with Gasteiger partial charge < -0.3 is 20.3 Å². The lowest BCUT2D eigenvalue weighted by atomic mass is 10.0. The van der Waals surface area contributed by atoms with Crippen molar-refractivity contribution in [3.63, 3.8) is 0 Å². The van der Waals surface area contributed by atoms with E-state index in [9.17, 15) is 19.8 Å². The summed E-state index contributed by atoms with van der Waals surface area (Å²) in [4.78, 5) is 24.6. The molecule has 3 N–H and O–H groups in total. The predicted molar refractivity (Wildman–Crippen MR) is 370 cm³/mol. The number of hydrogen-bond acceptors (Lipinski definition) is 5. The fraction of sp³-hybridized carbons (Fsp3) is 0.897. The van der Waals surface area contributed by atoms with Gasteiger partial charge in [-0.25, -0.2) is 0 Å². The molecule has 0 aromatic heterocycles. The highest BCUT2D eigenvalue weighted by Crippen LogP contribution is 2.19. The quantitative estimate of drug-likeness (QED) is 0.0320. The highest BCUT2D eigenvalue weighted by molar-refractivity contribution is 5.76. The molecule has 0 saturated heterocycles. The van der Waals surface area contributed by atoms with Crippen molar-refractivity contribution in [1.29, 1.82) is 0 Å². The molecule has 0 aromatic rings. The Labute approximate surface area is 525 Å². The van der Waals surface area contributed by atoms with Crippen LogP contribution in [0.5, 0.6) is 0 Å². The van der Waals surface area contributed by atoms with Crippen LogP contribution in [-0.4, -0.2) is 47.4 Å². The third-order valence-corrected chi connectivity index (χ3v) is 17.9. The van der Waals surface area contributed by atoms with Gasteiger partial charge in [-0.05, 0) is 83.5 Å². The van der Waals surface area contributed by atoms with E-state index in [2.05, 4.69) is 43.5 Å². The van der Waals surface area contributed by atoms with E-state index in [0.717, 1.165) is 38.5 Å². The first-order valence-corrected chi connectivity index (χ1v) is 38.3. The van der Waals surface area contributed by atoms with Crippen LogP contribution < -0.4 is 5.32 Å². The second-order valence-electron chi connectivity index (χ2n) is 26.3. The van der Waals surface area contributed by atoms with Gasteiger partial charge in [0.05, 0.1) is 25.4 Å². The molecule has 0 radical (unpaired) electrons. The van der Waals surface area contributed by atoms with E-state index in [1.165, 1.54) is 360 Å². The van der Waals surface area contributed by atoms with Crippen molar-refractivity contribution >= 4 is 11.9 Å². The molecule has 0 bridgehead atoms. The number of esters is 1. The molecular weight excluding hydrogens is 1030 g/mol. The van der Waals surface area contributed by atoms with Crippen molar-refractivity contribution < 1.29 is 24.5 Å². The maximum atomic E-state index is 12.5. The SMILES string of the molecule is CCCCCCCCC/C=C\CCCCCCCCCC(=O)OCCCCCCCCCCCCCCCCCC/C=C\CCCCCCCCCCCCCCCCCCCC(=O)NC(CO)C(O)/C=C/CCCCCCCCCCCC. The van der Waals surface area contributed by atoms with E-state index >= 15 is 0 Å². The molecular formula is C78H149NO5. The summed E-state index contributed by atoms with van der Waals surface area (Å²) >= 11 is 0. The first-order chi connectivity index (χ1) is 41.5. The Morgan fingerprint density at radius 3 is 0.845 bits per heavy atom. The summed E-state index contributed by atoms with van der Waals surface area (Å²) in [7, 11) is 0. The first-order valence-electron chi connectivity index (χ1n) is 38.3. The molecule has 2 atom stereocenters. The zero-order valence-corrected chi connectivity index (χ0v) is 56.9. The molecule has 496 valence electrons. The van der Waals surface area contributed by atoms with Crippen LogP contribution >= 0.6 is 0 Å². The number of carbonyl (C=O) groups is 2. The van der Waals surface area contributed by atoms with Crippen molar-refractivity contribution in [2.45, 2.75) is 437 Å². The summed E-state index contributed by atoms with van der Waals surface area (Å²) < 4.78 is 5.51. The standard InChI is InChI=1S/C78H149NO5/c1-3-5-7-9-11-13-15-17-18-19-42-45-48-52-56-60-64-68-72-78(83)84-73-69-65-61-57-53-49-46-43-40-38-36-34-32-30-28-26-24-22-20-21-23-25-27-29-31-33-35-37-39-41-44-47-51-55-59-63-67-71-77(82)79-75(74-80)76(81)70-66-62-58-54-50-16-14-12-10-8-6-4-2/h18-20,22,66,70,75-76,80-81H,3-17,21,23-65,67-69,71-74H2,1-2H3,(H,79,82)/b19-18-,22-20-,70-66+. The number of nitrogens with one attached hydrogen (secondary N) is 1. The van der Waals surface area contributed by atoms with Crippen LogP contribution in [0.15, 0.2) is 36.5 Å². The third-order valence-electron chi connectivity index (χ3n) is 17.9.